The molecule has 0 unspecified atom stereocenters. The van der Waals surface area contributed by atoms with Crippen LogP contribution < -0.4 is 10.1 Å². The van der Waals surface area contributed by atoms with Gasteiger partial charge in [-0.25, -0.2) is 4.79 Å². The van der Waals surface area contributed by atoms with E-state index in [-0.39, 0.29) is 12.1 Å². The van der Waals surface area contributed by atoms with Crippen molar-refractivity contribution in [2.45, 2.75) is 32.9 Å². The summed E-state index contributed by atoms with van der Waals surface area (Å²) in [7, 11) is 3.47. The second-order valence-corrected chi connectivity index (χ2v) is 5.90. The second-order valence-electron chi connectivity index (χ2n) is 5.90. The molecule has 1 aromatic heterocycles. The van der Waals surface area contributed by atoms with E-state index in [1.807, 2.05) is 50.2 Å². The van der Waals surface area contributed by atoms with Crippen LogP contribution in [0.4, 0.5) is 4.79 Å². The Labute approximate surface area is 143 Å². The van der Waals surface area contributed by atoms with Gasteiger partial charge in [0.05, 0.1) is 19.3 Å². The minimum absolute atomic E-state index is 0.0473. The third-order valence-corrected chi connectivity index (χ3v) is 4.21. The number of rotatable bonds is 6. The molecule has 1 N–H and O–H groups in total. The van der Waals surface area contributed by atoms with Crippen molar-refractivity contribution in [2.75, 3.05) is 14.2 Å². The Morgan fingerprint density at radius 3 is 2.75 bits per heavy atom. The first-order valence-corrected chi connectivity index (χ1v) is 8.06. The minimum Gasteiger partial charge on any atom is -0.496 e. The Hall–Kier alpha value is -2.56. The molecule has 0 saturated carbocycles. The van der Waals surface area contributed by atoms with Crippen LogP contribution in [0.3, 0.4) is 0 Å². The van der Waals surface area contributed by atoms with Crippen LogP contribution in [0.5, 0.6) is 5.75 Å². The van der Waals surface area contributed by atoms with Crippen LogP contribution in [-0.2, 0) is 13.0 Å². The van der Waals surface area contributed by atoms with Gasteiger partial charge in [0.2, 0.25) is 0 Å². The lowest BCUT2D eigenvalue weighted by molar-refractivity contribution is 0.193. The largest absolute Gasteiger partial charge is 0.496 e. The van der Waals surface area contributed by atoms with E-state index in [0.29, 0.717) is 6.54 Å². The molecule has 1 heterocycles. The fraction of sp³-hybridized carbons (Fsp3) is 0.368. The van der Waals surface area contributed by atoms with Gasteiger partial charge in [-0.05, 0) is 43.5 Å². The number of pyridine rings is 1. The fourth-order valence-electron chi connectivity index (χ4n) is 2.51. The molecule has 0 fully saturated rings. The Balaban J connectivity index is 1.93. The third-order valence-electron chi connectivity index (χ3n) is 4.21. The van der Waals surface area contributed by atoms with E-state index in [1.165, 1.54) is 0 Å². The predicted molar refractivity (Wildman–Crippen MR) is 95.1 cm³/mol. The van der Waals surface area contributed by atoms with Gasteiger partial charge in [-0.15, -0.1) is 0 Å². The van der Waals surface area contributed by atoms with Crippen LogP contribution in [-0.4, -0.2) is 36.1 Å². The summed E-state index contributed by atoms with van der Waals surface area (Å²) in [6.07, 6.45) is 2.47. The van der Waals surface area contributed by atoms with Crippen molar-refractivity contribution in [3.05, 3.63) is 59.4 Å². The van der Waals surface area contributed by atoms with Crippen LogP contribution in [0.15, 0.2) is 42.6 Å². The van der Waals surface area contributed by atoms with Crippen molar-refractivity contribution >= 4 is 6.03 Å². The summed E-state index contributed by atoms with van der Waals surface area (Å²) in [5, 5.41) is 2.93. The van der Waals surface area contributed by atoms with Gasteiger partial charge in [-0.1, -0.05) is 24.3 Å². The number of aryl methyl sites for hydroxylation is 1. The highest BCUT2D eigenvalue weighted by Gasteiger charge is 2.17. The average molecular weight is 327 g/mol. The topological polar surface area (TPSA) is 54.5 Å². The smallest absolute Gasteiger partial charge is 0.317 e. The fourth-order valence-corrected chi connectivity index (χ4v) is 2.51. The van der Waals surface area contributed by atoms with Gasteiger partial charge in [0, 0.05) is 19.3 Å². The molecule has 5 heteroatoms. The van der Waals surface area contributed by atoms with E-state index >= 15 is 0 Å². The number of hydrogen-bond donors (Lipinski definition) is 1. The van der Waals surface area contributed by atoms with Gasteiger partial charge in [-0.3, -0.25) is 4.98 Å². The van der Waals surface area contributed by atoms with Crippen molar-refractivity contribution in [3.8, 4) is 5.75 Å². The predicted octanol–water partition coefficient (Wildman–Crippen LogP) is 3.17. The monoisotopic (exact) mass is 327 g/mol. The molecule has 1 aromatic carbocycles. The molecular formula is C19H25N3O2. The van der Waals surface area contributed by atoms with E-state index in [0.717, 1.165) is 29.0 Å². The van der Waals surface area contributed by atoms with Crippen LogP contribution in [0, 0.1) is 6.92 Å². The maximum absolute atomic E-state index is 12.4. The van der Waals surface area contributed by atoms with E-state index < -0.39 is 0 Å². The molecule has 2 aromatic rings. The minimum atomic E-state index is -0.109. The summed E-state index contributed by atoms with van der Waals surface area (Å²) in [5.74, 6) is 0.849. The quantitative estimate of drug-likeness (QED) is 0.886. The van der Waals surface area contributed by atoms with Crippen LogP contribution in [0.25, 0.3) is 0 Å². The maximum atomic E-state index is 12.4. The Kier molecular flexibility index (Phi) is 6.18. The zero-order valence-electron chi connectivity index (χ0n) is 14.7. The number of ether oxygens (including phenoxy) is 1. The molecule has 2 rings (SSSR count). The first kappa shape index (κ1) is 17.8. The number of para-hydroxylation sites is 1. The lowest BCUT2D eigenvalue weighted by Crippen LogP contribution is -2.43. The SMILES string of the molecule is COc1ccccc1C[C@H](C)N(C)C(=O)NCc1ncccc1C. The van der Waals surface area contributed by atoms with E-state index in [9.17, 15) is 4.79 Å². The Bertz CT molecular complexity index is 688. The Morgan fingerprint density at radius 1 is 1.29 bits per heavy atom. The number of hydrogen-bond acceptors (Lipinski definition) is 3. The summed E-state index contributed by atoms with van der Waals surface area (Å²) in [6, 6.07) is 11.7. The lowest BCUT2D eigenvalue weighted by atomic mass is 10.1. The molecule has 0 saturated heterocycles. The number of nitrogens with zero attached hydrogens (tertiary/aromatic N) is 2. The van der Waals surface area contributed by atoms with E-state index in [1.54, 1.807) is 25.3 Å². The Morgan fingerprint density at radius 2 is 2.04 bits per heavy atom. The number of benzene rings is 1. The van der Waals surface area contributed by atoms with Crippen LogP contribution >= 0.6 is 0 Å². The molecule has 0 radical (unpaired) electrons. The summed E-state index contributed by atoms with van der Waals surface area (Å²) in [4.78, 5) is 18.4. The van der Waals surface area contributed by atoms with Crippen molar-refractivity contribution in [1.82, 2.24) is 15.2 Å². The molecule has 1 atom stereocenters. The summed E-state index contributed by atoms with van der Waals surface area (Å²) in [5.41, 5.74) is 3.05. The molecule has 0 aliphatic rings. The maximum Gasteiger partial charge on any atom is 0.317 e. The summed E-state index contributed by atoms with van der Waals surface area (Å²) < 4.78 is 5.38. The molecule has 5 nitrogen and oxygen atoms in total. The molecule has 0 spiro atoms. The average Bonchev–Trinajstić information content (AvgIpc) is 2.60. The first-order chi connectivity index (χ1) is 11.5. The molecule has 0 aliphatic heterocycles. The van der Waals surface area contributed by atoms with E-state index in [2.05, 4.69) is 10.3 Å². The second kappa shape index (κ2) is 8.34. The van der Waals surface area contributed by atoms with Gasteiger partial charge in [-0.2, -0.15) is 0 Å². The van der Waals surface area contributed by atoms with Crippen molar-refractivity contribution in [3.63, 3.8) is 0 Å². The van der Waals surface area contributed by atoms with E-state index in [4.69, 9.17) is 4.74 Å². The molecule has 128 valence electrons. The van der Waals surface area contributed by atoms with Crippen molar-refractivity contribution < 1.29 is 9.53 Å². The normalized spacial score (nSPS) is 11.7. The highest BCUT2D eigenvalue weighted by molar-refractivity contribution is 5.74. The molecule has 24 heavy (non-hydrogen) atoms. The molecular weight excluding hydrogens is 302 g/mol. The molecule has 0 aliphatic carbocycles. The number of urea groups is 1. The zero-order chi connectivity index (χ0) is 17.5. The highest BCUT2D eigenvalue weighted by atomic mass is 16.5. The van der Waals surface area contributed by atoms with Gasteiger partial charge in [0.1, 0.15) is 5.75 Å². The number of carbonyl (C=O) groups excluding carboxylic acids is 1. The number of methoxy groups -OCH3 is 1. The number of likely N-dealkylation sites (N-methyl/N-ethyl adjacent to an activating group) is 1. The number of amides is 2. The molecule has 2 amide bonds. The van der Waals surface area contributed by atoms with Crippen molar-refractivity contribution in [2.24, 2.45) is 0 Å². The summed E-state index contributed by atoms with van der Waals surface area (Å²) >= 11 is 0. The van der Waals surface area contributed by atoms with Crippen LogP contribution in [0.1, 0.15) is 23.7 Å². The van der Waals surface area contributed by atoms with Crippen molar-refractivity contribution in [1.29, 1.82) is 0 Å². The van der Waals surface area contributed by atoms with Gasteiger partial charge in [0.25, 0.3) is 0 Å². The highest BCUT2D eigenvalue weighted by Crippen LogP contribution is 2.20. The standard InChI is InChI=1S/C19H25N3O2/c1-14-8-7-11-20-17(14)13-21-19(23)22(3)15(2)12-16-9-5-6-10-18(16)24-4/h5-11,15H,12-13H2,1-4H3,(H,21,23)/t15-/m0/s1. The first-order valence-electron chi connectivity index (χ1n) is 8.06. The summed E-state index contributed by atoms with van der Waals surface area (Å²) in [6.45, 7) is 4.44. The third kappa shape index (κ3) is 4.47. The van der Waals surface area contributed by atoms with Gasteiger partial charge >= 0.3 is 6.03 Å². The lowest BCUT2D eigenvalue weighted by Gasteiger charge is -2.26. The number of nitrogens with one attached hydrogen (secondary N) is 1. The molecule has 0 bridgehead atoms. The number of carbonyl (C=O) groups is 1. The number of aromatic nitrogens is 1. The van der Waals surface area contributed by atoms with Gasteiger partial charge < -0.3 is 15.0 Å². The zero-order valence-corrected chi connectivity index (χ0v) is 14.7. The van der Waals surface area contributed by atoms with Crippen LogP contribution in [0.2, 0.25) is 0 Å². The van der Waals surface area contributed by atoms with Gasteiger partial charge in [0.15, 0.2) is 0 Å².